The molecular formula is C14H22ClNO2S. The van der Waals surface area contributed by atoms with Gasteiger partial charge < -0.3 is 5.32 Å². The molecule has 1 unspecified atom stereocenters. The van der Waals surface area contributed by atoms with Gasteiger partial charge in [0.05, 0.1) is 0 Å². The standard InChI is InChI=1S/C14H22ClNO2S/c1-3-16-14(8-5-9-19(2,17)18)11-12-6-4-7-13(15)10-12/h4,6-7,10,14,16H,3,5,8-9,11H2,1-2H3. The minimum atomic E-state index is -2.86. The van der Waals surface area contributed by atoms with Crippen molar-refractivity contribution in [3.63, 3.8) is 0 Å². The van der Waals surface area contributed by atoms with Crippen LogP contribution in [-0.4, -0.2) is 33.0 Å². The summed E-state index contributed by atoms with van der Waals surface area (Å²) >= 11 is 5.97. The molecule has 0 aliphatic carbocycles. The maximum absolute atomic E-state index is 11.1. The third-order valence-electron chi connectivity index (χ3n) is 2.93. The third-order valence-corrected chi connectivity index (χ3v) is 4.20. The van der Waals surface area contributed by atoms with Gasteiger partial charge in [0, 0.05) is 23.1 Å². The quantitative estimate of drug-likeness (QED) is 0.803. The van der Waals surface area contributed by atoms with Crippen LogP contribution in [0.15, 0.2) is 24.3 Å². The molecule has 0 aromatic heterocycles. The maximum atomic E-state index is 11.1. The number of nitrogens with one attached hydrogen (secondary N) is 1. The topological polar surface area (TPSA) is 46.2 Å². The lowest BCUT2D eigenvalue weighted by Gasteiger charge is -2.18. The van der Waals surface area contributed by atoms with E-state index in [9.17, 15) is 8.42 Å². The van der Waals surface area contributed by atoms with Crippen molar-refractivity contribution < 1.29 is 8.42 Å². The van der Waals surface area contributed by atoms with E-state index in [1.54, 1.807) is 0 Å². The van der Waals surface area contributed by atoms with Crippen molar-refractivity contribution >= 4 is 21.4 Å². The van der Waals surface area contributed by atoms with Gasteiger partial charge in [-0.3, -0.25) is 0 Å². The van der Waals surface area contributed by atoms with Crippen molar-refractivity contribution in [1.29, 1.82) is 0 Å². The monoisotopic (exact) mass is 303 g/mol. The molecule has 0 radical (unpaired) electrons. The number of rotatable bonds is 8. The molecule has 0 saturated heterocycles. The molecule has 0 aliphatic heterocycles. The zero-order chi connectivity index (χ0) is 14.3. The van der Waals surface area contributed by atoms with Crippen LogP contribution in [0.1, 0.15) is 25.3 Å². The van der Waals surface area contributed by atoms with E-state index in [-0.39, 0.29) is 5.75 Å². The Balaban J connectivity index is 2.52. The van der Waals surface area contributed by atoms with Crippen LogP contribution in [0.25, 0.3) is 0 Å². The van der Waals surface area contributed by atoms with Gasteiger partial charge in [0.25, 0.3) is 0 Å². The summed E-state index contributed by atoms with van der Waals surface area (Å²) in [7, 11) is -2.86. The Labute approximate surface area is 121 Å². The third kappa shape index (κ3) is 7.55. The van der Waals surface area contributed by atoms with E-state index in [1.807, 2.05) is 24.3 Å². The first-order valence-corrected chi connectivity index (χ1v) is 9.00. The largest absolute Gasteiger partial charge is 0.314 e. The van der Waals surface area contributed by atoms with Crippen LogP contribution in [0.4, 0.5) is 0 Å². The van der Waals surface area contributed by atoms with Gasteiger partial charge in [-0.2, -0.15) is 0 Å². The molecular weight excluding hydrogens is 282 g/mol. The lowest BCUT2D eigenvalue weighted by Crippen LogP contribution is -2.31. The van der Waals surface area contributed by atoms with Gasteiger partial charge in [0.2, 0.25) is 0 Å². The molecule has 19 heavy (non-hydrogen) atoms. The Morgan fingerprint density at radius 3 is 2.68 bits per heavy atom. The van der Waals surface area contributed by atoms with Gasteiger partial charge in [-0.15, -0.1) is 0 Å². The predicted molar refractivity (Wildman–Crippen MR) is 81.6 cm³/mol. The van der Waals surface area contributed by atoms with E-state index in [1.165, 1.54) is 11.8 Å². The molecule has 1 atom stereocenters. The molecule has 0 saturated carbocycles. The normalized spacial score (nSPS) is 13.4. The fraction of sp³-hybridized carbons (Fsp3) is 0.571. The van der Waals surface area contributed by atoms with Crippen LogP contribution >= 0.6 is 11.6 Å². The van der Waals surface area contributed by atoms with Gasteiger partial charge >= 0.3 is 0 Å². The Morgan fingerprint density at radius 2 is 2.11 bits per heavy atom. The number of benzene rings is 1. The molecule has 108 valence electrons. The highest BCUT2D eigenvalue weighted by molar-refractivity contribution is 7.90. The predicted octanol–water partition coefficient (Wildman–Crippen LogP) is 2.69. The first kappa shape index (κ1) is 16.5. The van der Waals surface area contributed by atoms with Crippen LogP contribution in [0.3, 0.4) is 0 Å². The molecule has 1 rings (SSSR count). The average Bonchev–Trinajstić information content (AvgIpc) is 2.27. The highest BCUT2D eigenvalue weighted by Gasteiger charge is 2.10. The second kappa shape index (κ2) is 7.88. The van der Waals surface area contributed by atoms with Gasteiger partial charge in [-0.25, -0.2) is 8.42 Å². The number of halogens is 1. The van der Waals surface area contributed by atoms with Crippen molar-refractivity contribution in [2.45, 2.75) is 32.2 Å². The van der Waals surface area contributed by atoms with Crippen LogP contribution in [0.5, 0.6) is 0 Å². The van der Waals surface area contributed by atoms with Crippen LogP contribution in [-0.2, 0) is 16.3 Å². The van der Waals surface area contributed by atoms with E-state index in [2.05, 4.69) is 12.2 Å². The van der Waals surface area contributed by atoms with Gasteiger partial charge in [-0.05, 0) is 43.5 Å². The Hall–Kier alpha value is -0.580. The minimum absolute atomic E-state index is 0.254. The van der Waals surface area contributed by atoms with Gasteiger partial charge in [0.15, 0.2) is 0 Å². The van der Waals surface area contributed by atoms with Crippen molar-refractivity contribution in [1.82, 2.24) is 5.32 Å². The van der Waals surface area contributed by atoms with Crippen molar-refractivity contribution in [2.24, 2.45) is 0 Å². The molecule has 0 aliphatic rings. The van der Waals surface area contributed by atoms with Crippen molar-refractivity contribution in [3.8, 4) is 0 Å². The second-order valence-corrected chi connectivity index (χ2v) is 7.56. The maximum Gasteiger partial charge on any atom is 0.147 e. The fourth-order valence-electron chi connectivity index (χ4n) is 2.11. The van der Waals surface area contributed by atoms with Crippen LogP contribution < -0.4 is 5.32 Å². The highest BCUT2D eigenvalue weighted by Crippen LogP contribution is 2.14. The van der Waals surface area contributed by atoms with Crippen molar-refractivity contribution in [2.75, 3.05) is 18.6 Å². The average molecular weight is 304 g/mol. The molecule has 1 aromatic rings. The van der Waals surface area contributed by atoms with Crippen molar-refractivity contribution in [3.05, 3.63) is 34.9 Å². The second-order valence-electron chi connectivity index (χ2n) is 4.86. The molecule has 1 aromatic carbocycles. The molecule has 0 bridgehead atoms. The van der Waals surface area contributed by atoms with E-state index in [0.29, 0.717) is 12.5 Å². The number of hydrogen-bond acceptors (Lipinski definition) is 3. The molecule has 5 heteroatoms. The number of hydrogen-bond donors (Lipinski definition) is 1. The Kier molecular flexibility index (Phi) is 6.83. The summed E-state index contributed by atoms with van der Waals surface area (Å²) in [5.74, 6) is 0.254. The number of sulfone groups is 1. The summed E-state index contributed by atoms with van der Waals surface area (Å²) < 4.78 is 22.3. The summed E-state index contributed by atoms with van der Waals surface area (Å²) in [6.07, 6.45) is 3.70. The molecule has 3 nitrogen and oxygen atoms in total. The van der Waals surface area contributed by atoms with E-state index in [0.717, 1.165) is 24.4 Å². The fourth-order valence-corrected chi connectivity index (χ4v) is 3.01. The van der Waals surface area contributed by atoms with E-state index >= 15 is 0 Å². The molecule has 0 fully saturated rings. The SMILES string of the molecule is CCNC(CCCS(C)(=O)=O)Cc1cccc(Cl)c1. The summed E-state index contributed by atoms with van der Waals surface area (Å²) in [5.41, 5.74) is 1.18. The summed E-state index contributed by atoms with van der Waals surface area (Å²) in [5, 5.41) is 4.14. The summed E-state index contributed by atoms with van der Waals surface area (Å²) in [6.45, 7) is 2.94. The zero-order valence-electron chi connectivity index (χ0n) is 11.5. The molecule has 0 spiro atoms. The van der Waals surface area contributed by atoms with Gasteiger partial charge in [-0.1, -0.05) is 30.7 Å². The van der Waals surface area contributed by atoms with E-state index in [4.69, 9.17) is 11.6 Å². The van der Waals surface area contributed by atoms with Crippen LogP contribution in [0.2, 0.25) is 5.02 Å². The first-order chi connectivity index (χ1) is 8.90. The Bertz CT molecular complexity index is 488. The molecule has 1 N–H and O–H groups in total. The lowest BCUT2D eigenvalue weighted by atomic mass is 10.0. The molecule has 0 amide bonds. The molecule has 0 heterocycles. The summed E-state index contributed by atoms with van der Waals surface area (Å²) in [6, 6.07) is 8.11. The zero-order valence-corrected chi connectivity index (χ0v) is 13.1. The first-order valence-electron chi connectivity index (χ1n) is 6.56. The van der Waals surface area contributed by atoms with Gasteiger partial charge in [0.1, 0.15) is 9.84 Å². The lowest BCUT2D eigenvalue weighted by molar-refractivity contribution is 0.484. The smallest absolute Gasteiger partial charge is 0.147 e. The minimum Gasteiger partial charge on any atom is -0.314 e. The van der Waals surface area contributed by atoms with Crippen LogP contribution in [0, 0.1) is 0 Å². The van der Waals surface area contributed by atoms with E-state index < -0.39 is 9.84 Å². The Morgan fingerprint density at radius 1 is 1.37 bits per heavy atom. The highest BCUT2D eigenvalue weighted by atomic mass is 35.5. The summed E-state index contributed by atoms with van der Waals surface area (Å²) in [4.78, 5) is 0. The number of likely N-dealkylation sites (N-methyl/N-ethyl adjacent to an activating group) is 1.